The number of fused-ring (bicyclic) bond motifs is 1. The normalized spacial score (nSPS) is 17.0. The Labute approximate surface area is 155 Å². The monoisotopic (exact) mass is 368 g/mol. The van der Waals surface area contributed by atoms with Crippen molar-refractivity contribution in [3.05, 3.63) is 59.4 Å². The Morgan fingerprint density at radius 3 is 2.77 bits per heavy atom. The molecule has 0 spiro atoms. The van der Waals surface area contributed by atoms with Crippen molar-refractivity contribution in [3.8, 4) is 0 Å². The second-order valence-corrected chi connectivity index (χ2v) is 6.74. The van der Waals surface area contributed by atoms with Gasteiger partial charge in [-0.1, -0.05) is 23.7 Å². The summed E-state index contributed by atoms with van der Waals surface area (Å²) >= 11 is 5.89. The van der Waals surface area contributed by atoms with Gasteiger partial charge in [0, 0.05) is 23.7 Å². The molecule has 0 bridgehead atoms. The maximum Gasteiger partial charge on any atom is 0.227 e. The molecule has 2 amide bonds. The molecule has 0 aliphatic carbocycles. The largest absolute Gasteiger partial charge is 0.349 e. The van der Waals surface area contributed by atoms with Crippen LogP contribution in [0, 0.1) is 5.92 Å². The Bertz CT molecular complexity index is 934. The topological polar surface area (TPSA) is 78.1 Å². The number of aromatic amines is 1. The summed E-state index contributed by atoms with van der Waals surface area (Å²) in [5.41, 5.74) is 2.55. The molecule has 2 N–H and O–H groups in total. The van der Waals surface area contributed by atoms with Crippen LogP contribution in [0.15, 0.2) is 48.5 Å². The highest BCUT2D eigenvalue weighted by molar-refractivity contribution is 6.30. The first kappa shape index (κ1) is 16.6. The SMILES string of the molecule is O=C(NCc1nc2ccccc2[nH]1)C1CC(=O)N(c2ccc(Cl)cc2)C1. The van der Waals surface area contributed by atoms with E-state index in [0.29, 0.717) is 23.9 Å². The van der Waals surface area contributed by atoms with Gasteiger partial charge in [-0.3, -0.25) is 9.59 Å². The van der Waals surface area contributed by atoms with Gasteiger partial charge in [-0.2, -0.15) is 0 Å². The number of hydrogen-bond acceptors (Lipinski definition) is 3. The van der Waals surface area contributed by atoms with Gasteiger partial charge in [0.05, 0.1) is 23.5 Å². The Morgan fingerprint density at radius 1 is 1.23 bits per heavy atom. The zero-order valence-corrected chi connectivity index (χ0v) is 14.7. The summed E-state index contributed by atoms with van der Waals surface area (Å²) in [5, 5.41) is 3.48. The lowest BCUT2D eigenvalue weighted by Crippen LogP contribution is -2.32. The highest BCUT2D eigenvalue weighted by Gasteiger charge is 2.35. The van der Waals surface area contributed by atoms with Crippen LogP contribution in [0.3, 0.4) is 0 Å². The second kappa shape index (κ2) is 6.80. The number of anilines is 1. The minimum atomic E-state index is -0.373. The van der Waals surface area contributed by atoms with Crippen molar-refractivity contribution in [1.82, 2.24) is 15.3 Å². The highest BCUT2D eigenvalue weighted by Crippen LogP contribution is 2.26. The number of carbonyl (C=O) groups is 2. The number of amides is 2. The molecule has 4 rings (SSSR count). The first-order chi connectivity index (χ1) is 12.6. The Hall–Kier alpha value is -2.86. The minimum Gasteiger partial charge on any atom is -0.349 e. The molecule has 1 unspecified atom stereocenters. The van der Waals surface area contributed by atoms with Crippen LogP contribution in [0.5, 0.6) is 0 Å². The summed E-state index contributed by atoms with van der Waals surface area (Å²) in [4.78, 5) is 34.0. The van der Waals surface area contributed by atoms with Crippen molar-refractivity contribution >= 4 is 40.1 Å². The van der Waals surface area contributed by atoms with Crippen LogP contribution in [0.4, 0.5) is 5.69 Å². The summed E-state index contributed by atoms with van der Waals surface area (Å²) in [7, 11) is 0. The molecule has 26 heavy (non-hydrogen) atoms. The fourth-order valence-electron chi connectivity index (χ4n) is 3.16. The van der Waals surface area contributed by atoms with Crippen LogP contribution in [0.2, 0.25) is 5.02 Å². The predicted molar refractivity (Wildman–Crippen MR) is 99.9 cm³/mol. The molecule has 1 saturated heterocycles. The van der Waals surface area contributed by atoms with Gasteiger partial charge in [0.2, 0.25) is 11.8 Å². The van der Waals surface area contributed by atoms with Gasteiger partial charge in [-0.25, -0.2) is 4.98 Å². The van der Waals surface area contributed by atoms with Crippen molar-refractivity contribution in [1.29, 1.82) is 0 Å². The summed E-state index contributed by atoms with van der Waals surface area (Å²) < 4.78 is 0. The highest BCUT2D eigenvalue weighted by atomic mass is 35.5. The maximum atomic E-state index is 12.5. The van der Waals surface area contributed by atoms with E-state index in [0.717, 1.165) is 16.7 Å². The van der Waals surface area contributed by atoms with Crippen molar-refractivity contribution in [2.45, 2.75) is 13.0 Å². The molecule has 1 aliphatic rings. The zero-order valence-electron chi connectivity index (χ0n) is 13.9. The van der Waals surface area contributed by atoms with Crippen LogP contribution in [-0.4, -0.2) is 28.3 Å². The van der Waals surface area contributed by atoms with Gasteiger partial charge >= 0.3 is 0 Å². The molecule has 1 aliphatic heterocycles. The molecule has 2 aromatic carbocycles. The Balaban J connectivity index is 1.39. The first-order valence-electron chi connectivity index (χ1n) is 8.37. The van der Waals surface area contributed by atoms with Gasteiger partial charge in [0.15, 0.2) is 0 Å². The van der Waals surface area contributed by atoms with E-state index in [2.05, 4.69) is 15.3 Å². The van der Waals surface area contributed by atoms with Gasteiger partial charge in [0.1, 0.15) is 5.82 Å². The number of hydrogen-bond donors (Lipinski definition) is 2. The Morgan fingerprint density at radius 2 is 2.00 bits per heavy atom. The lowest BCUT2D eigenvalue weighted by atomic mass is 10.1. The van der Waals surface area contributed by atoms with Crippen molar-refractivity contribution in [2.75, 3.05) is 11.4 Å². The van der Waals surface area contributed by atoms with E-state index in [1.807, 2.05) is 24.3 Å². The summed E-state index contributed by atoms with van der Waals surface area (Å²) in [6.45, 7) is 0.672. The van der Waals surface area contributed by atoms with Crippen LogP contribution >= 0.6 is 11.6 Å². The number of nitrogens with zero attached hydrogens (tertiary/aromatic N) is 2. The average molecular weight is 369 g/mol. The van der Waals surface area contributed by atoms with Gasteiger partial charge in [-0.15, -0.1) is 0 Å². The molecule has 6 nitrogen and oxygen atoms in total. The number of nitrogens with one attached hydrogen (secondary N) is 2. The van der Waals surface area contributed by atoms with Crippen LogP contribution < -0.4 is 10.2 Å². The molecule has 132 valence electrons. The third-order valence-corrected chi connectivity index (χ3v) is 4.75. The number of benzene rings is 2. The first-order valence-corrected chi connectivity index (χ1v) is 8.75. The number of para-hydroxylation sites is 2. The second-order valence-electron chi connectivity index (χ2n) is 6.30. The number of aromatic nitrogens is 2. The van der Waals surface area contributed by atoms with E-state index < -0.39 is 0 Å². The maximum absolute atomic E-state index is 12.5. The van der Waals surface area contributed by atoms with Crippen molar-refractivity contribution < 1.29 is 9.59 Å². The van der Waals surface area contributed by atoms with Crippen LogP contribution in [0.25, 0.3) is 11.0 Å². The predicted octanol–water partition coefficient (Wildman–Crippen LogP) is 2.89. The fourth-order valence-corrected chi connectivity index (χ4v) is 3.28. The van der Waals surface area contributed by atoms with E-state index >= 15 is 0 Å². The summed E-state index contributed by atoms with van der Waals surface area (Å²) in [5.74, 6) is 0.118. The zero-order chi connectivity index (χ0) is 18.1. The average Bonchev–Trinajstić information content (AvgIpc) is 3.23. The standard InChI is InChI=1S/C19H17ClN4O2/c20-13-5-7-14(8-6-13)24-11-12(9-18(24)25)19(26)21-10-17-22-15-3-1-2-4-16(15)23-17/h1-8,12H,9-11H2,(H,21,26)(H,22,23). The van der Waals surface area contributed by atoms with Gasteiger partial charge in [-0.05, 0) is 36.4 Å². The van der Waals surface area contributed by atoms with E-state index in [-0.39, 0.29) is 24.2 Å². The van der Waals surface area contributed by atoms with E-state index in [4.69, 9.17) is 11.6 Å². The summed E-state index contributed by atoms with van der Waals surface area (Å²) in [6.07, 6.45) is 0.203. The minimum absolute atomic E-state index is 0.0591. The summed E-state index contributed by atoms with van der Waals surface area (Å²) in [6, 6.07) is 14.7. The third-order valence-electron chi connectivity index (χ3n) is 4.50. The quantitative estimate of drug-likeness (QED) is 0.743. The van der Waals surface area contributed by atoms with Gasteiger partial charge in [0.25, 0.3) is 0 Å². The molecular formula is C19H17ClN4O2. The number of rotatable bonds is 4. The molecule has 0 saturated carbocycles. The Kier molecular flexibility index (Phi) is 4.34. The van der Waals surface area contributed by atoms with Crippen molar-refractivity contribution in [3.63, 3.8) is 0 Å². The van der Waals surface area contributed by atoms with Crippen LogP contribution in [-0.2, 0) is 16.1 Å². The molecule has 1 atom stereocenters. The van der Waals surface area contributed by atoms with Crippen LogP contribution in [0.1, 0.15) is 12.2 Å². The lowest BCUT2D eigenvalue weighted by molar-refractivity contribution is -0.126. The number of halogens is 1. The number of H-pyrrole nitrogens is 1. The molecule has 3 aromatic rings. The lowest BCUT2D eigenvalue weighted by Gasteiger charge is -2.16. The molecular weight excluding hydrogens is 352 g/mol. The van der Waals surface area contributed by atoms with E-state index in [9.17, 15) is 9.59 Å². The fraction of sp³-hybridized carbons (Fsp3) is 0.211. The molecule has 1 aromatic heterocycles. The molecule has 2 heterocycles. The smallest absolute Gasteiger partial charge is 0.227 e. The molecule has 0 radical (unpaired) electrons. The van der Waals surface area contributed by atoms with E-state index in [1.165, 1.54) is 0 Å². The molecule has 7 heteroatoms. The van der Waals surface area contributed by atoms with Crippen molar-refractivity contribution in [2.24, 2.45) is 5.92 Å². The van der Waals surface area contributed by atoms with E-state index in [1.54, 1.807) is 29.2 Å². The third kappa shape index (κ3) is 3.28. The number of imidazole rings is 1. The number of carbonyl (C=O) groups excluding carboxylic acids is 2. The molecule has 1 fully saturated rings. The van der Waals surface area contributed by atoms with Gasteiger partial charge < -0.3 is 15.2 Å².